The van der Waals surface area contributed by atoms with Gasteiger partial charge in [-0.05, 0) is 24.3 Å². The van der Waals surface area contributed by atoms with Crippen LogP contribution in [0.15, 0.2) is 48.8 Å². The number of hydrogen-bond acceptors (Lipinski definition) is 2. The van der Waals surface area contributed by atoms with E-state index in [4.69, 9.17) is 0 Å². The molecule has 0 atom stereocenters. The van der Waals surface area contributed by atoms with Crippen molar-refractivity contribution in [1.82, 2.24) is 9.97 Å². The largest absolute Gasteiger partial charge is 0.256 e. The van der Waals surface area contributed by atoms with Crippen LogP contribution >= 0.6 is 0 Å². The van der Waals surface area contributed by atoms with Crippen molar-refractivity contribution in [2.45, 2.75) is 0 Å². The molecule has 0 fully saturated rings. The Morgan fingerprint density at radius 1 is 0.800 bits per heavy atom. The van der Waals surface area contributed by atoms with E-state index >= 15 is 0 Å². The average molecular weight is 377 g/mol. The van der Waals surface area contributed by atoms with Crippen LogP contribution in [0.3, 0.4) is 0 Å². The number of rotatable bonds is 0. The Morgan fingerprint density at radius 2 is 1.60 bits per heavy atom. The molecular weight excluding hydrogens is 369 g/mol. The van der Waals surface area contributed by atoms with Gasteiger partial charge in [-0.3, -0.25) is 9.97 Å². The second-order valence-corrected chi connectivity index (χ2v) is 3.21. The summed E-state index contributed by atoms with van der Waals surface area (Å²) in [5, 5.41) is 2.28. The van der Waals surface area contributed by atoms with Crippen LogP contribution in [0, 0.1) is 0 Å². The van der Waals surface area contributed by atoms with Crippen molar-refractivity contribution in [3.05, 3.63) is 48.8 Å². The van der Waals surface area contributed by atoms with Gasteiger partial charge in [0.1, 0.15) is 0 Å². The number of hydrogen-bond donors (Lipinski definition) is 0. The quantitative estimate of drug-likeness (QED) is 0.445. The van der Waals surface area contributed by atoms with E-state index in [9.17, 15) is 0 Å². The van der Waals surface area contributed by atoms with Crippen LogP contribution < -0.4 is 0 Å². The van der Waals surface area contributed by atoms with Crippen molar-refractivity contribution in [2.24, 2.45) is 0 Å². The van der Waals surface area contributed by atoms with Gasteiger partial charge in [-0.1, -0.05) is 12.1 Å². The average Bonchev–Trinajstić information content (AvgIpc) is 2.29. The summed E-state index contributed by atoms with van der Waals surface area (Å²) in [6.07, 6.45) is 3.62. The maximum Gasteiger partial charge on any atom is 0.0795 e. The summed E-state index contributed by atoms with van der Waals surface area (Å²) in [4.78, 5) is 8.66. The summed E-state index contributed by atoms with van der Waals surface area (Å²) in [5.74, 6) is 0. The Balaban J connectivity index is 0.000000853. The van der Waals surface area contributed by atoms with Crippen LogP contribution in [0.1, 0.15) is 0 Å². The number of fused-ring (bicyclic) bond motifs is 3. The van der Waals surface area contributed by atoms with Crippen molar-refractivity contribution in [3.63, 3.8) is 0 Å². The molecule has 3 aromatic rings. The molecule has 0 unspecified atom stereocenters. The summed E-state index contributed by atoms with van der Waals surface area (Å²) in [7, 11) is 0. The van der Waals surface area contributed by atoms with Gasteiger partial charge in [0.25, 0.3) is 0 Å². The van der Waals surface area contributed by atoms with Gasteiger partial charge in [-0.15, -0.1) is 0 Å². The molecule has 3 rings (SSSR count). The van der Waals surface area contributed by atoms with Gasteiger partial charge in [0, 0.05) is 45.5 Å². The molecule has 0 amide bonds. The molecule has 0 N–H and O–H groups in total. The Kier molecular flexibility index (Phi) is 2.82. The van der Waals surface area contributed by atoms with Crippen LogP contribution in [-0.4, -0.2) is 9.97 Å². The summed E-state index contributed by atoms with van der Waals surface area (Å²) < 4.78 is 0. The van der Waals surface area contributed by atoms with Gasteiger partial charge < -0.3 is 0 Å². The molecular formula is C12H8AuN2. The third-order valence-electron chi connectivity index (χ3n) is 2.35. The molecule has 77 valence electrons. The topological polar surface area (TPSA) is 25.8 Å². The van der Waals surface area contributed by atoms with Crippen LogP contribution in [-0.2, 0) is 22.4 Å². The molecule has 1 aromatic carbocycles. The fourth-order valence-electron chi connectivity index (χ4n) is 1.70. The summed E-state index contributed by atoms with van der Waals surface area (Å²) in [6, 6.07) is 12.1. The molecule has 0 bridgehead atoms. The van der Waals surface area contributed by atoms with E-state index in [0.29, 0.717) is 0 Å². The van der Waals surface area contributed by atoms with Gasteiger partial charge in [-0.25, -0.2) is 0 Å². The minimum absolute atomic E-state index is 0. The molecule has 0 aliphatic heterocycles. The van der Waals surface area contributed by atoms with Gasteiger partial charge in [0.05, 0.1) is 11.0 Å². The normalized spacial score (nSPS) is 10.1. The van der Waals surface area contributed by atoms with E-state index in [1.54, 1.807) is 6.20 Å². The molecule has 2 nitrogen and oxygen atoms in total. The van der Waals surface area contributed by atoms with E-state index in [0.717, 1.165) is 21.8 Å². The monoisotopic (exact) mass is 377 g/mol. The smallest absolute Gasteiger partial charge is 0.0795 e. The Morgan fingerprint density at radius 3 is 2.53 bits per heavy atom. The third kappa shape index (κ3) is 1.67. The molecule has 0 aliphatic rings. The summed E-state index contributed by atoms with van der Waals surface area (Å²) in [5.41, 5.74) is 2.02. The standard InChI is InChI=1S/C12H8N2.Au/c1-3-9-5-6-11-10(4-2-7-13-11)12(9)14-8-1;/h1-8H;. The molecule has 0 spiro atoms. The molecule has 1 radical (unpaired) electrons. The first-order valence-corrected chi connectivity index (χ1v) is 4.53. The minimum atomic E-state index is 0. The molecule has 15 heavy (non-hydrogen) atoms. The molecule has 2 aromatic heterocycles. The van der Waals surface area contributed by atoms with E-state index in [2.05, 4.69) is 28.2 Å². The summed E-state index contributed by atoms with van der Waals surface area (Å²) in [6.45, 7) is 0. The van der Waals surface area contributed by atoms with Crippen molar-refractivity contribution in [2.75, 3.05) is 0 Å². The molecule has 0 saturated carbocycles. The van der Waals surface area contributed by atoms with Gasteiger partial charge >= 0.3 is 0 Å². The molecule has 3 heteroatoms. The second kappa shape index (κ2) is 4.11. The maximum absolute atomic E-state index is 4.37. The van der Waals surface area contributed by atoms with Crippen LogP contribution in [0.25, 0.3) is 21.8 Å². The van der Waals surface area contributed by atoms with E-state index in [1.165, 1.54) is 0 Å². The van der Waals surface area contributed by atoms with Crippen LogP contribution in [0.2, 0.25) is 0 Å². The van der Waals surface area contributed by atoms with Gasteiger partial charge in [0.2, 0.25) is 0 Å². The van der Waals surface area contributed by atoms with Crippen molar-refractivity contribution in [3.8, 4) is 0 Å². The Labute approximate surface area is 103 Å². The number of benzene rings is 1. The second-order valence-electron chi connectivity index (χ2n) is 3.21. The third-order valence-corrected chi connectivity index (χ3v) is 2.35. The number of aromatic nitrogens is 2. The first kappa shape index (κ1) is 10.3. The van der Waals surface area contributed by atoms with Crippen molar-refractivity contribution >= 4 is 21.8 Å². The first-order chi connectivity index (χ1) is 6.95. The van der Waals surface area contributed by atoms with Gasteiger partial charge in [-0.2, -0.15) is 0 Å². The maximum atomic E-state index is 4.37. The Hall–Kier alpha value is -1.22. The Bertz CT molecular complexity index is 553. The van der Waals surface area contributed by atoms with E-state index in [-0.39, 0.29) is 22.4 Å². The fraction of sp³-hybridized carbons (Fsp3) is 0. The SMILES string of the molecule is [Au].c1cnc2c(c1)ccc1ncccc12. The predicted molar refractivity (Wildman–Crippen MR) is 57.0 cm³/mol. The first-order valence-electron chi connectivity index (χ1n) is 4.53. The zero-order chi connectivity index (χ0) is 9.38. The molecule has 2 heterocycles. The van der Waals surface area contributed by atoms with Crippen molar-refractivity contribution in [1.29, 1.82) is 0 Å². The number of pyridine rings is 2. The molecule has 0 saturated heterocycles. The van der Waals surface area contributed by atoms with E-state index < -0.39 is 0 Å². The zero-order valence-electron chi connectivity index (χ0n) is 7.81. The molecule has 0 aliphatic carbocycles. The van der Waals surface area contributed by atoms with E-state index in [1.807, 2.05) is 24.4 Å². The predicted octanol–water partition coefficient (Wildman–Crippen LogP) is 2.78. The van der Waals surface area contributed by atoms with Crippen LogP contribution in [0.5, 0.6) is 0 Å². The fourth-order valence-corrected chi connectivity index (χ4v) is 1.70. The zero-order valence-corrected chi connectivity index (χ0v) is 9.98. The number of nitrogens with zero attached hydrogens (tertiary/aromatic N) is 2. The van der Waals surface area contributed by atoms with Crippen molar-refractivity contribution < 1.29 is 22.4 Å². The summed E-state index contributed by atoms with van der Waals surface area (Å²) >= 11 is 0. The minimum Gasteiger partial charge on any atom is -0.256 e. The van der Waals surface area contributed by atoms with Gasteiger partial charge in [0.15, 0.2) is 0 Å². The van der Waals surface area contributed by atoms with Crippen LogP contribution in [0.4, 0.5) is 0 Å².